The Labute approximate surface area is 163 Å². The van der Waals surface area contributed by atoms with Gasteiger partial charge < -0.3 is 14.2 Å². The highest BCUT2D eigenvalue weighted by atomic mass is 16.6. The van der Waals surface area contributed by atoms with E-state index in [-0.39, 0.29) is 11.8 Å². The van der Waals surface area contributed by atoms with Gasteiger partial charge in [-0.25, -0.2) is 4.79 Å². The number of hydrogen-bond acceptors (Lipinski definition) is 5. The summed E-state index contributed by atoms with van der Waals surface area (Å²) in [6.45, 7) is 2.61. The standard InChI is InChI=1S/C22H22N2O4/c25-22-23-21(28-14-18-13-26-9-10-27-18)12-20-19-6-5-16(4-3-15-1-2-15)11-17(19)7-8-24(20)22/h5-6,11-12,15,18H,1-2,7-10,13-14H2. The molecule has 3 aliphatic rings. The monoisotopic (exact) mass is 378 g/mol. The Morgan fingerprint density at radius 2 is 2.18 bits per heavy atom. The van der Waals surface area contributed by atoms with Crippen LogP contribution < -0.4 is 10.4 Å². The van der Waals surface area contributed by atoms with Crippen molar-refractivity contribution in [3.8, 4) is 29.0 Å². The van der Waals surface area contributed by atoms with Crippen LogP contribution in [0.25, 0.3) is 11.3 Å². The van der Waals surface area contributed by atoms with Gasteiger partial charge in [0, 0.05) is 29.7 Å². The van der Waals surface area contributed by atoms with Gasteiger partial charge in [0.1, 0.15) is 12.7 Å². The summed E-state index contributed by atoms with van der Waals surface area (Å²) in [5, 5.41) is 0. The molecule has 144 valence electrons. The zero-order chi connectivity index (χ0) is 18.9. The highest BCUT2D eigenvalue weighted by molar-refractivity contribution is 5.68. The van der Waals surface area contributed by atoms with E-state index in [1.165, 1.54) is 18.4 Å². The van der Waals surface area contributed by atoms with E-state index in [1.807, 2.05) is 12.1 Å². The average molecular weight is 378 g/mol. The van der Waals surface area contributed by atoms with Crippen LogP contribution in [0, 0.1) is 17.8 Å². The average Bonchev–Trinajstić information content (AvgIpc) is 3.56. The smallest absolute Gasteiger partial charge is 0.351 e. The fraction of sp³-hybridized carbons (Fsp3) is 0.455. The van der Waals surface area contributed by atoms with Crippen LogP contribution in [-0.2, 0) is 22.4 Å². The summed E-state index contributed by atoms with van der Waals surface area (Å²) in [7, 11) is 0. The van der Waals surface area contributed by atoms with Crippen molar-refractivity contribution in [3.05, 3.63) is 45.9 Å². The lowest BCUT2D eigenvalue weighted by Gasteiger charge is -2.24. The van der Waals surface area contributed by atoms with E-state index >= 15 is 0 Å². The second-order valence-corrected chi connectivity index (χ2v) is 7.46. The quantitative estimate of drug-likeness (QED) is 0.765. The normalized spacial score (nSPS) is 20.5. The van der Waals surface area contributed by atoms with Crippen molar-refractivity contribution in [1.29, 1.82) is 0 Å². The fourth-order valence-electron chi connectivity index (χ4n) is 3.58. The van der Waals surface area contributed by atoms with E-state index in [2.05, 4.69) is 29.0 Å². The number of hydrogen-bond donors (Lipinski definition) is 0. The molecule has 0 radical (unpaired) electrons. The topological polar surface area (TPSA) is 62.6 Å². The largest absolute Gasteiger partial charge is 0.475 e. The molecular formula is C22H22N2O4. The van der Waals surface area contributed by atoms with Crippen LogP contribution in [0.2, 0.25) is 0 Å². The molecule has 2 aromatic rings. The van der Waals surface area contributed by atoms with Gasteiger partial charge >= 0.3 is 5.69 Å². The Kier molecular flexibility index (Phi) is 4.63. The maximum absolute atomic E-state index is 12.5. The second-order valence-electron chi connectivity index (χ2n) is 7.46. The first-order valence-corrected chi connectivity index (χ1v) is 9.85. The molecule has 1 aromatic heterocycles. The molecular weight excluding hydrogens is 356 g/mol. The summed E-state index contributed by atoms with van der Waals surface area (Å²) < 4.78 is 18.4. The molecule has 1 aliphatic carbocycles. The van der Waals surface area contributed by atoms with Crippen LogP contribution in [-0.4, -0.2) is 42.1 Å². The number of ether oxygens (including phenoxy) is 3. The first-order chi connectivity index (χ1) is 13.8. The number of rotatable bonds is 3. The summed E-state index contributed by atoms with van der Waals surface area (Å²) in [6, 6.07) is 8.08. The molecule has 0 N–H and O–H groups in total. The lowest BCUT2D eigenvalue weighted by Crippen LogP contribution is -2.34. The van der Waals surface area contributed by atoms with Crippen LogP contribution in [0.3, 0.4) is 0 Å². The molecule has 28 heavy (non-hydrogen) atoms. The van der Waals surface area contributed by atoms with Gasteiger partial charge in [0.2, 0.25) is 5.88 Å². The molecule has 5 rings (SSSR count). The summed E-state index contributed by atoms with van der Waals surface area (Å²) in [5.74, 6) is 7.50. The molecule has 0 bridgehead atoms. The molecule has 0 spiro atoms. The molecule has 1 aromatic carbocycles. The molecule has 6 heteroatoms. The number of benzene rings is 1. The zero-order valence-electron chi connectivity index (χ0n) is 15.6. The van der Waals surface area contributed by atoms with Gasteiger partial charge in [-0.15, -0.1) is 0 Å². The van der Waals surface area contributed by atoms with Crippen molar-refractivity contribution in [2.75, 3.05) is 26.4 Å². The molecule has 0 amide bonds. The highest BCUT2D eigenvalue weighted by Gasteiger charge is 2.21. The molecule has 2 fully saturated rings. The molecule has 1 saturated carbocycles. The third kappa shape index (κ3) is 3.68. The van der Waals surface area contributed by atoms with E-state index < -0.39 is 0 Å². The first kappa shape index (κ1) is 17.5. The Hall–Kier alpha value is -2.62. The predicted molar refractivity (Wildman–Crippen MR) is 103 cm³/mol. The third-order valence-corrected chi connectivity index (χ3v) is 5.27. The van der Waals surface area contributed by atoms with Crippen molar-refractivity contribution in [2.24, 2.45) is 5.92 Å². The Bertz CT molecular complexity index is 1010. The zero-order valence-corrected chi connectivity index (χ0v) is 15.6. The molecule has 1 atom stereocenters. The van der Waals surface area contributed by atoms with Gasteiger partial charge in [0.15, 0.2) is 0 Å². The van der Waals surface area contributed by atoms with Crippen molar-refractivity contribution in [1.82, 2.24) is 9.55 Å². The van der Waals surface area contributed by atoms with Crippen LogP contribution in [0.15, 0.2) is 29.1 Å². The van der Waals surface area contributed by atoms with Gasteiger partial charge in [-0.3, -0.25) is 4.57 Å². The minimum atomic E-state index is -0.281. The summed E-state index contributed by atoms with van der Waals surface area (Å²) in [4.78, 5) is 16.6. The molecule has 1 unspecified atom stereocenters. The van der Waals surface area contributed by atoms with Gasteiger partial charge in [0.25, 0.3) is 0 Å². The van der Waals surface area contributed by atoms with E-state index in [1.54, 1.807) is 4.57 Å². The number of nitrogens with zero attached hydrogens (tertiary/aromatic N) is 2. The summed E-state index contributed by atoms with van der Waals surface area (Å²) >= 11 is 0. The van der Waals surface area contributed by atoms with Crippen LogP contribution in [0.1, 0.15) is 24.0 Å². The van der Waals surface area contributed by atoms with E-state index in [0.717, 1.165) is 23.2 Å². The maximum atomic E-state index is 12.5. The second kappa shape index (κ2) is 7.42. The maximum Gasteiger partial charge on any atom is 0.351 e. The van der Waals surface area contributed by atoms with Gasteiger partial charge in [-0.2, -0.15) is 4.98 Å². The number of aryl methyl sites for hydroxylation is 1. The first-order valence-electron chi connectivity index (χ1n) is 9.85. The lowest BCUT2D eigenvalue weighted by atomic mass is 9.95. The molecule has 3 heterocycles. The van der Waals surface area contributed by atoms with Crippen LogP contribution in [0.5, 0.6) is 5.88 Å². The Balaban J connectivity index is 1.40. The lowest BCUT2D eigenvalue weighted by molar-refractivity contribution is -0.102. The van der Waals surface area contributed by atoms with Crippen molar-refractivity contribution >= 4 is 0 Å². The van der Waals surface area contributed by atoms with Crippen molar-refractivity contribution in [3.63, 3.8) is 0 Å². The van der Waals surface area contributed by atoms with Gasteiger partial charge in [-0.1, -0.05) is 17.9 Å². The highest BCUT2D eigenvalue weighted by Crippen LogP contribution is 2.31. The molecule has 6 nitrogen and oxygen atoms in total. The van der Waals surface area contributed by atoms with Gasteiger partial charge in [0.05, 0.1) is 25.5 Å². The minimum Gasteiger partial charge on any atom is -0.475 e. The fourth-order valence-corrected chi connectivity index (χ4v) is 3.58. The Morgan fingerprint density at radius 3 is 3.00 bits per heavy atom. The number of aromatic nitrogens is 2. The van der Waals surface area contributed by atoms with Crippen LogP contribution in [0.4, 0.5) is 0 Å². The third-order valence-electron chi connectivity index (χ3n) is 5.27. The SMILES string of the molecule is O=c1nc(OCC2COCCO2)cc2n1CCc1cc(C#CC3CC3)ccc1-2. The molecule has 2 aliphatic heterocycles. The summed E-state index contributed by atoms with van der Waals surface area (Å²) in [5.41, 5.74) is 3.87. The van der Waals surface area contributed by atoms with Gasteiger partial charge in [-0.05, 0) is 37.0 Å². The van der Waals surface area contributed by atoms with E-state index in [0.29, 0.717) is 44.8 Å². The minimum absolute atomic E-state index is 0.130. The summed E-state index contributed by atoms with van der Waals surface area (Å²) in [6.07, 6.45) is 3.12. The number of fused-ring (bicyclic) bond motifs is 3. The van der Waals surface area contributed by atoms with Crippen LogP contribution >= 0.6 is 0 Å². The Morgan fingerprint density at radius 1 is 1.25 bits per heavy atom. The van der Waals surface area contributed by atoms with E-state index in [9.17, 15) is 4.79 Å². The van der Waals surface area contributed by atoms with Crippen molar-refractivity contribution in [2.45, 2.75) is 31.9 Å². The molecule has 1 saturated heterocycles. The predicted octanol–water partition coefficient (Wildman–Crippen LogP) is 2.02. The van der Waals surface area contributed by atoms with E-state index in [4.69, 9.17) is 14.2 Å². The van der Waals surface area contributed by atoms with Crippen molar-refractivity contribution < 1.29 is 14.2 Å².